The number of benzene rings is 1. The molecule has 0 saturated heterocycles. The van der Waals surface area contributed by atoms with Gasteiger partial charge in [-0.15, -0.1) is 0 Å². The van der Waals surface area contributed by atoms with Crippen molar-refractivity contribution in [2.45, 2.75) is 27.2 Å². The molecule has 3 N–H and O–H groups in total. The molecule has 0 aliphatic carbocycles. The lowest BCUT2D eigenvalue weighted by Gasteiger charge is -2.24. The van der Waals surface area contributed by atoms with Crippen molar-refractivity contribution < 1.29 is 18.3 Å². The number of nitrogens with two attached hydrogens (primary N) is 1. The zero-order valence-electron chi connectivity index (χ0n) is 12.8. The van der Waals surface area contributed by atoms with Gasteiger partial charge in [-0.2, -0.15) is 0 Å². The van der Waals surface area contributed by atoms with Gasteiger partial charge >= 0.3 is 5.97 Å². The lowest BCUT2D eigenvalue weighted by atomic mass is 9.94. The first-order valence-electron chi connectivity index (χ1n) is 6.53. The summed E-state index contributed by atoms with van der Waals surface area (Å²) < 4.78 is 25.7. The number of anilines is 2. The van der Waals surface area contributed by atoms with E-state index < -0.39 is 16.0 Å². The molecular formula is C14H22N2O4S. The highest BCUT2D eigenvalue weighted by Gasteiger charge is 2.23. The Morgan fingerprint density at radius 1 is 1.33 bits per heavy atom. The molecule has 118 valence electrons. The van der Waals surface area contributed by atoms with Gasteiger partial charge < -0.3 is 10.8 Å². The fourth-order valence-corrected chi connectivity index (χ4v) is 3.31. The summed E-state index contributed by atoms with van der Waals surface area (Å²) in [6, 6.07) is 4.00. The molecule has 0 atom stereocenters. The van der Waals surface area contributed by atoms with Crippen molar-refractivity contribution in [3.8, 4) is 0 Å². The van der Waals surface area contributed by atoms with E-state index in [4.69, 9.17) is 10.8 Å². The van der Waals surface area contributed by atoms with Crippen LogP contribution in [0.4, 0.5) is 11.4 Å². The third-order valence-corrected chi connectivity index (χ3v) is 4.89. The average molecular weight is 314 g/mol. The molecule has 0 spiro atoms. The quantitative estimate of drug-likeness (QED) is 0.811. The Bertz CT molecular complexity index is 633. The summed E-state index contributed by atoms with van der Waals surface area (Å²) in [5.74, 6) is -1.10. The molecule has 0 radical (unpaired) electrons. The van der Waals surface area contributed by atoms with Crippen LogP contribution in [-0.2, 0) is 10.0 Å². The van der Waals surface area contributed by atoms with Gasteiger partial charge in [0.05, 0.1) is 22.7 Å². The van der Waals surface area contributed by atoms with E-state index in [1.165, 1.54) is 25.2 Å². The largest absolute Gasteiger partial charge is 0.478 e. The van der Waals surface area contributed by atoms with Crippen molar-refractivity contribution in [1.29, 1.82) is 0 Å². The number of nitrogens with zero attached hydrogens (tertiary/aromatic N) is 1. The fraction of sp³-hybridized carbons (Fsp3) is 0.500. The Labute approximate surface area is 125 Å². The summed E-state index contributed by atoms with van der Waals surface area (Å²) >= 11 is 0. The van der Waals surface area contributed by atoms with Crippen LogP contribution in [0.1, 0.15) is 37.6 Å². The molecular weight excluding hydrogens is 292 g/mol. The van der Waals surface area contributed by atoms with Gasteiger partial charge in [0, 0.05) is 7.05 Å². The maximum absolute atomic E-state index is 12.3. The maximum Gasteiger partial charge on any atom is 0.335 e. The highest BCUT2D eigenvalue weighted by Crippen LogP contribution is 2.27. The van der Waals surface area contributed by atoms with Gasteiger partial charge in [0.15, 0.2) is 0 Å². The van der Waals surface area contributed by atoms with E-state index in [9.17, 15) is 13.2 Å². The molecule has 0 aliphatic rings. The monoisotopic (exact) mass is 314 g/mol. The van der Waals surface area contributed by atoms with Gasteiger partial charge in [-0.1, -0.05) is 20.8 Å². The minimum Gasteiger partial charge on any atom is -0.478 e. The lowest BCUT2D eigenvalue weighted by Crippen LogP contribution is -2.31. The second-order valence-corrected chi connectivity index (χ2v) is 8.29. The van der Waals surface area contributed by atoms with Crippen molar-refractivity contribution in [3.63, 3.8) is 0 Å². The topological polar surface area (TPSA) is 101 Å². The predicted molar refractivity (Wildman–Crippen MR) is 84.1 cm³/mol. The Hall–Kier alpha value is -1.76. The summed E-state index contributed by atoms with van der Waals surface area (Å²) in [6.45, 7) is 5.91. The van der Waals surface area contributed by atoms with E-state index in [2.05, 4.69) is 0 Å². The number of hydrogen-bond donors (Lipinski definition) is 2. The van der Waals surface area contributed by atoms with E-state index in [0.29, 0.717) is 6.42 Å². The third-order valence-electron chi connectivity index (χ3n) is 3.14. The van der Waals surface area contributed by atoms with E-state index in [0.717, 1.165) is 4.31 Å². The first-order chi connectivity index (χ1) is 9.44. The van der Waals surface area contributed by atoms with Crippen LogP contribution in [-0.4, -0.2) is 32.3 Å². The third kappa shape index (κ3) is 4.63. The summed E-state index contributed by atoms with van der Waals surface area (Å²) in [5.41, 5.74) is 6.11. The number of aromatic carboxylic acids is 1. The minimum atomic E-state index is -3.50. The van der Waals surface area contributed by atoms with Crippen molar-refractivity contribution in [3.05, 3.63) is 23.8 Å². The van der Waals surface area contributed by atoms with E-state index in [1.807, 2.05) is 20.8 Å². The van der Waals surface area contributed by atoms with Crippen LogP contribution >= 0.6 is 0 Å². The van der Waals surface area contributed by atoms with E-state index >= 15 is 0 Å². The molecule has 0 saturated carbocycles. The van der Waals surface area contributed by atoms with Crippen LogP contribution in [0.3, 0.4) is 0 Å². The van der Waals surface area contributed by atoms with Gasteiger partial charge in [0.25, 0.3) is 0 Å². The molecule has 1 rings (SSSR count). The average Bonchev–Trinajstić information content (AvgIpc) is 2.34. The Morgan fingerprint density at radius 2 is 1.90 bits per heavy atom. The van der Waals surface area contributed by atoms with Crippen LogP contribution in [0.5, 0.6) is 0 Å². The van der Waals surface area contributed by atoms with Crippen LogP contribution in [0.25, 0.3) is 0 Å². The first kappa shape index (κ1) is 17.3. The molecule has 6 nitrogen and oxygen atoms in total. The molecule has 1 aromatic rings. The molecule has 0 amide bonds. The fourth-order valence-electron chi connectivity index (χ4n) is 1.70. The zero-order chi connectivity index (χ0) is 16.4. The Kier molecular flexibility index (Phi) is 4.88. The number of hydrogen-bond acceptors (Lipinski definition) is 4. The van der Waals surface area contributed by atoms with Gasteiger partial charge in [-0.25, -0.2) is 13.2 Å². The number of carboxylic acid groups (broad SMARTS) is 1. The van der Waals surface area contributed by atoms with Gasteiger partial charge in [0.2, 0.25) is 10.0 Å². The second-order valence-electron chi connectivity index (χ2n) is 6.17. The smallest absolute Gasteiger partial charge is 0.335 e. The van der Waals surface area contributed by atoms with Crippen LogP contribution in [0, 0.1) is 5.41 Å². The molecule has 0 aromatic heterocycles. The molecule has 7 heteroatoms. The molecule has 21 heavy (non-hydrogen) atoms. The molecule has 0 unspecified atom stereocenters. The molecule has 0 aliphatic heterocycles. The molecule has 1 aromatic carbocycles. The van der Waals surface area contributed by atoms with Crippen molar-refractivity contribution in [1.82, 2.24) is 0 Å². The summed E-state index contributed by atoms with van der Waals surface area (Å²) in [6.07, 6.45) is 0.521. The van der Waals surface area contributed by atoms with Crippen molar-refractivity contribution in [2.24, 2.45) is 5.41 Å². The second kappa shape index (κ2) is 5.93. The summed E-state index contributed by atoms with van der Waals surface area (Å²) in [7, 11) is -2.08. The first-order valence-corrected chi connectivity index (χ1v) is 8.14. The summed E-state index contributed by atoms with van der Waals surface area (Å²) in [4.78, 5) is 10.9. The highest BCUT2D eigenvalue weighted by atomic mass is 32.2. The van der Waals surface area contributed by atoms with Crippen LogP contribution < -0.4 is 10.0 Å². The molecule has 0 heterocycles. The molecule has 0 bridgehead atoms. The van der Waals surface area contributed by atoms with Gasteiger partial charge in [-0.3, -0.25) is 4.31 Å². The highest BCUT2D eigenvalue weighted by molar-refractivity contribution is 7.92. The van der Waals surface area contributed by atoms with E-state index in [-0.39, 0.29) is 28.1 Å². The predicted octanol–water partition coefficient (Wildman–Crippen LogP) is 2.17. The number of rotatable bonds is 5. The Morgan fingerprint density at radius 3 is 2.33 bits per heavy atom. The summed E-state index contributed by atoms with van der Waals surface area (Å²) in [5, 5.41) is 8.88. The lowest BCUT2D eigenvalue weighted by molar-refractivity contribution is 0.0697. The minimum absolute atomic E-state index is 0.00707. The number of sulfonamides is 1. The van der Waals surface area contributed by atoms with Crippen LogP contribution in [0.15, 0.2) is 18.2 Å². The standard InChI is InChI=1S/C14H22N2O4S/c1-14(2,3)7-8-21(19,20)16(4)12-6-5-10(13(17)18)9-11(12)15/h5-6,9H,7-8,15H2,1-4H3,(H,17,18). The maximum atomic E-state index is 12.3. The van der Waals surface area contributed by atoms with Crippen molar-refractivity contribution in [2.75, 3.05) is 22.8 Å². The van der Waals surface area contributed by atoms with Gasteiger partial charge in [0.1, 0.15) is 0 Å². The number of nitrogen functional groups attached to an aromatic ring is 1. The van der Waals surface area contributed by atoms with Crippen LogP contribution in [0.2, 0.25) is 0 Å². The molecule has 0 fully saturated rings. The number of carbonyl (C=O) groups is 1. The van der Waals surface area contributed by atoms with E-state index in [1.54, 1.807) is 0 Å². The Balaban J connectivity index is 3.02. The van der Waals surface area contributed by atoms with Crippen molar-refractivity contribution >= 4 is 27.4 Å². The van der Waals surface area contributed by atoms with Gasteiger partial charge in [-0.05, 0) is 30.0 Å². The normalized spacial score (nSPS) is 12.2. The zero-order valence-corrected chi connectivity index (χ0v) is 13.6. The SMILES string of the molecule is CN(c1ccc(C(=O)O)cc1N)S(=O)(=O)CCC(C)(C)C. The number of carboxylic acids is 1.